The zero-order chi connectivity index (χ0) is 9.57. The Balaban J connectivity index is 2.88. The van der Waals surface area contributed by atoms with E-state index in [-0.39, 0.29) is 0 Å². The summed E-state index contributed by atoms with van der Waals surface area (Å²) >= 11 is 0. The maximum Gasteiger partial charge on any atom is 0.381 e. The van der Waals surface area contributed by atoms with Gasteiger partial charge in [0.25, 0.3) is 0 Å². The lowest BCUT2D eigenvalue weighted by molar-refractivity contribution is -0.378. The summed E-state index contributed by atoms with van der Waals surface area (Å²) < 4.78 is 29.0. The molecule has 1 fully saturated rings. The van der Waals surface area contributed by atoms with Gasteiger partial charge in [0.1, 0.15) is 12.2 Å². The summed E-state index contributed by atoms with van der Waals surface area (Å²) in [5.74, 6) is -3.92. The summed E-state index contributed by atoms with van der Waals surface area (Å²) in [6.45, 7) is -0.917. The molecule has 0 bridgehead atoms. The molecule has 72 valence electrons. The van der Waals surface area contributed by atoms with Crippen molar-refractivity contribution in [3.63, 3.8) is 0 Å². The Bertz CT molecular complexity index is 183. The number of rotatable bonds is 1. The molecule has 0 aromatic carbocycles. The second kappa shape index (κ2) is 2.57. The molecule has 0 aromatic rings. The molecule has 12 heavy (non-hydrogen) atoms. The van der Waals surface area contributed by atoms with Crippen molar-refractivity contribution in [2.45, 2.75) is 24.1 Å². The van der Waals surface area contributed by atoms with Crippen LogP contribution in [0.25, 0.3) is 0 Å². The minimum atomic E-state index is -3.99. The third-order valence-electron chi connectivity index (χ3n) is 1.66. The van der Waals surface area contributed by atoms with E-state index in [0.29, 0.717) is 0 Å². The van der Waals surface area contributed by atoms with Gasteiger partial charge in [0.15, 0.2) is 0 Å². The van der Waals surface area contributed by atoms with Gasteiger partial charge in [-0.15, -0.1) is 0 Å². The van der Waals surface area contributed by atoms with Crippen molar-refractivity contribution < 1.29 is 33.9 Å². The first kappa shape index (κ1) is 9.75. The van der Waals surface area contributed by atoms with E-state index >= 15 is 0 Å². The first-order chi connectivity index (χ1) is 5.33. The highest BCUT2D eigenvalue weighted by Gasteiger charge is 2.67. The van der Waals surface area contributed by atoms with E-state index in [9.17, 15) is 8.78 Å². The van der Waals surface area contributed by atoms with E-state index in [4.69, 9.17) is 20.4 Å². The van der Waals surface area contributed by atoms with Gasteiger partial charge in [-0.3, -0.25) is 0 Å². The molecule has 1 rings (SSSR count). The van der Waals surface area contributed by atoms with Crippen LogP contribution in [0.15, 0.2) is 0 Å². The lowest BCUT2D eigenvalue weighted by atomic mass is 10.1. The maximum absolute atomic E-state index is 12.7. The van der Waals surface area contributed by atoms with Gasteiger partial charge in [-0.1, -0.05) is 0 Å². The number of aliphatic hydroxyl groups excluding tert-OH is 2. The molecular weight excluding hydrogens is 178 g/mol. The highest BCUT2D eigenvalue weighted by molar-refractivity contribution is 4.95. The summed E-state index contributed by atoms with van der Waals surface area (Å²) in [7, 11) is 0. The van der Waals surface area contributed by atoms with Crippen molar-refractivity contribution in [1.29, 1.82) is 0 Å². The Labute approximate surface area is 65.8 Å². The maximum atomic E-state index is 12.7. The van der Waals surface area contributed by atoms with Gasteiger partial charge in [-0.25, -0.2) is 0 Å². The van der Waals surface area contributed by atoms with Crippen molar-refractivity contribution >= 4 is 0 Å². The SMILES string of the molecule is OC[C@H]1OC(O)(F)[C@@](O)(F)[C@@H]1O. The molecule has 1 heterocycles. The Morgan fingerprint density at radius 2 is 1.83 bits per heavy atom. The largest absolute Gasteiger partial charge is 0.394 e. The summed E-state index contributed by atoms with van der Waals surface area (Å²) in [4.78, 5) is 0. The van der Waals surface area contributed by atoms with Crippen molar-refractivity contribution in [1.82, 2.24) is 0 Å². The first-order valence-electron chi connectivity index (χ1n) is 3.12. The molecule has 0 aromatic heterocycles. The van der Waals surface area contributed by atoms with E-state index in [1.54, 1.807) is 0 Å². The first-order valence-corrected chi connectivity index (χ1v) is 3.12. The Kier molecular flexibility index (Phi) is 2.09. The summed E-state index contributed by atoms with van der Waals surface area (Å²) in [6, 6.07) is -3.99. The zero-order valence-corrected chi connectivity index (χ0v) is 5.81. The van der Waals surface area contributed by atoms with Crippen LogP contribution in [0.4, 0.5) is 8.78 Å². The van der Waals surface area contributed by atoms with Crippen LogP contribution in [0.5, 0.6) is 0 Å². The highest BCUT2D eigenvalue weighted by Crippen LogP contribution is 2.40. The molecule has 1 saturated heterocycles. The molecule has 0 aliphatic carbocycles. The van der Waals surface area contributed by atoms with Crippen molar-refractivity contribution in [3.8, 4) is 0 Å². The third kappa shape index (κ3) is 1.10. The topological polar surface area (TPSA) is 90.2 Å². The van der Waals surface area contributed by atoms with E-state index in [1.807, 2.05) is 0 Å². The molecule has 0 amide bonds. The Morgan fingerprint density at radius 3 is 2.00 bits per heavy atom. The average molecular weight is 186 g/mol. The lowest BCUT2D eigenvalue weighted by Gasteiger charge is -2.22. The fourth-order valence-corrected chi connectivity index (χ4v) is 0.914. The quantitative estimate of drug-likeness (QED) is 0.380. The fourth-order valence-electron chi connectivity index (χ4n) is 0.914. The lowest BCUT2D eigenvalue weighted by Crippen LogP contribution is -2.50. The molecule has 1 unspecified atom stereocenters. The van der Waals surface area contributed by atoms with Crippen molar-refractivity contribution in [2.75, 3.05) is 6.61 Å². The van der Waals surface area contributed by atoms with Gasteiger partial charge in [0.2, 0.25) is 0 Å². The molecule has 4 atom stereocenters. The fraction of sp³-hybridized carbons (Fsp3) is 1.00. The van der Waals surface area contributed by atoms with E-state index in [1.165, 1.54) is 0 Å². The summed E-state index contributed by atoms with van der Waals surface area (Å²) in [5, 5.41) is 34.0. The smallest absolute Gasteiger partial charge is 0.381 e. The predicted octanol–water partition coefficient (Wildman–Crippen LogP) is -1.99. The van der Waals surface area contributed by atoms with Crippen molar-refractivity contribution in [3.05, 3.63) is 0 Å². The molecule has 4 N–H and O–H groups in total. The van der Waals surface area contributed by atoms with Crippen LogP contribution in [-0.2, 0) is 4.74 Å². The summed E-state index contributed by atoms with van der Waals surface area (Å²) in [5.41, 5.74) is 0. The number of alkyl halides is 2. The van der Waals surface area contributed by atoms with Gasteiger partial charge in [-0.05, 0) is 0 Å². The van der Waals surface area contributed by atoms with Crippen LogP contribution < -0.4 is 0 Å². The van der Waals surface area contributed by atoms with Crippen LogP contribution in [0, 0.1) is 0 Å². The number of halogens is 2. The minimum Gasteiger partial charge on any atom is -0.394 e. The molecular formula is C5H8F2O5. The third-order valence-corrected chi connectivity index (χ3v) is 1.66. The van der Waals surface area contributed by atoms with Gasteiger partial charge >= 0.3 is 11.9 Å². The molecule has 7 heteroatoms. The van der Waals surface area contributed by atoms with Crippen LogP contribution in [-0.4, -0.2) is 51.1 Å². The standard InChI is InChI=1S/C5H8F2O5/c6-4(10)3(9)2(1-8)12-5(4,7)11/h2-3,8-11H,1H2/t2-,3-,4-,5?/m1/s1. The monoisotopic (exact) mass is 186 g/mol. The molecule has 1 aliphatic heterocycles. The Morgan fingerprint density at radius 1 is 1.33 bits per heavy atom. The Hall–Kier alpha value is -0.340. The van der Waals surface area contributed by atoms with Gasteiger partial charge in [0.05, 0.1) is 6.61 Å². The second-order valence-corrected chi connectivity index (χ2v) is 2.52. The van der Waals surface area contributed by atoms with Gasteiger partial charge < -0.3 is 25.2 Å². The minimum absolute atomic E-state index is 0.917. The van der Waals surface area contributed by atoms with Crippen LogP contribution >= 0.6 is 0 Å². The normalized spacial score (nSPS) is 54.5. The van der Waals surface area contributed by atoms with E-state index in [0.717, 1.165) is 0 Å². The van der Waals surface area contributed by atoms with Gasteiger partial charge in [-0.2, -0.15) is 8.78 Å². The van der Waals surface area contributed by atoms with Crippen molar-refractivity contribution in [2.24, 2.45) is 0 Å². The summed E-state index contributed by atoms with van der Waals surface area (Å²) in [6.07, 6.45) is -4.01. The van der Waals surface area contributed by atoms with E-state index < -0.39 is 30.7 Å². The zero-order valence-electron chi connectivity index (χ0n) is 5.81. The van der Waals surface area contributed by atoms with Crippen LogP contribution in [0.3, 0.4) is 0 Å². The number of hydrogen-bond acceptors (Lipinski definition) is 5. The predicted molar refractivity (Wildman–Crippen MR) is 30.1 cm³/mol. The van der Waals surface area contributed by atoms with Crippen LogP contribution in [0.1, 0.15) is 0 Å². The highest BCUT2D eigenvalue weighted by atomic mass is 19.2. The average Bonchev–Trinajstić information content (AvgIpc) is 2.11. The number of aliphatic hydroxyl groups is 4. The van der Waals surface area contributed by atoms with E-state index in [2.05, 4.69) is 4.74 Å². The van der Waals surface area contributed by atoms with Gasteiger partial charge in [0, 0.05) is 0 Å². The molecule has 0 spiro atoms. The molecule has 1 aliphatic rings. The second-order valence-electron chi connectivity index (χ2n) is 2.52. The number of ether oxygens (including phenoxy) is 1. The number of hydrogen-bond donors (Lipinski definition) is 4. The molecule has 5 nitrogen and oxygen atoms in total. The van der Waals surface area contributed by atoms with Crippen LogP contribution in [0.2, 0.25) is 0 Å². The molecule has 0 radical (unpaired) electrons. The molecule has 0 saturated carbocycles.